The van der Waals surface area contributed by atoms with Crippen LogP contribution in [0.5, 0.6) is 0 Å². The van der Waals surface area contributed by atoms with Crippen molar-refractivity contribution < 1.29 is 9.90 Å². The molecule has 1 aliphatic rings. The molecule has 0 spiro atoms. The van der Waals surface area contributed by atoms with Crippen LogP contribution >= 0.6 is 0 Å². The summed E-state index contributed by atoms with van der Waals surface area (Å²) in [6.07, 6.45) is 5.07. The van der Waals surface area contributed by atoms with Crippen LogP contribution in [-0.4, -0.2) is 50.6 Å². The van der Waals surface area contributed by atoms with Gasteiger partial charge in [0.15, 0.2) is 0 Å². The molecule has 1 heterocycles. The summed E-state index contributed by atoms with van der Waals surface area (Å²) in [5.74, 6) is 0.287. The lowest BCUT2D eigenvalue weighted by molar-refractivity contribution is 0.0645. The summed E-state index contributed by atoms with van der Waals surface area (Å²) in [6, 6.07) is 7.18. The van der Waals surface area contributed by atoms with E-state index in [0.29, 0.717) is 18.0 Å². The maximum Gasteiger partial charge on any atom is 0.253 e. The molecule has 0 bridgehead atoms. The Kier molecular flexibility index (Phi) is 3.70. The average Bonchev–Trinajstić information content (AvgIpc) is 3.22. The number of aliphatic hydroxyl groups is 1. The van der Waals surface area contributed by atoms with E-state index in [2.05, 4.69) is 10.3 Å². The molecular formula is C15H18N4O2. The zero-order valence-electron chi connectivity index (χ0n) is 11.9. The summed E-state index contributed by atoms with van der Waals surface area (Å²) >= 11 is 0. The number of carbonyl (C=O) groups is 1. The third kappa shape index (κ3) is 3.11. The Morgan fingerprint density at radius 3 is 2.71 bits per heavy atom. The smallest absolute Gasteiger partial charge is 0.253 e. The van der Waals surface area contributed by atoms with Crippen LogP contribution in [-0.2, 0) is 0 Å². The summed E-state index contributed by atoms with van der Waals surface area (Å²) in [5, 5.41) is 17.6. The monoisotopic (exact) mass is 286 g/mol. The van der Waals surface area contributed by atoms with E-state index >= 15 is 0 Å². The highest BCUT2D eigenvalue weighted by Gasteiger charge is 2.31. The maximum absolute atomic E-state index is 12.3. The van der Waals surface area contributed by atoms with Gasteiger partial charge in [-0.15, -0.1) is 5.10 Å². The third-order valence-corrected chi connectivity index (χ3v) is 3.78. The number of likely N-dealkylation sites (N-methyl/N-ethyl adjacent to an activating group) is 1. The number of carbonyl (C=O) groups excluding carboxylic acids is 1. The average molecular weight is 286 g/mol. The molecule has 1 saturated carbocycles. The molecule has 0 radical (unpaired) electrons. The minimum Gasteiger partial charge on any atom is -0.391 e. The molecule has 1 aromatic heterocycles. The van der Waals surface area contributed by atoms with E-state index in [4.69, 9.17) is 0 Å². The highest BCUT2D eigenvalue weighted by Crippen LogP contribution is 2.32. The number of rotatable bonds is 5. The molecule has 1 atom stereocenters. The number of aliphatic hydroxyl groups excluding tert-OH is 1. The first-order valence-electron chi connectivity index (χ1n) is 7.05. The summed E-state index contributed by atoms with van der Waals surface area (Å²) in [5.41, 5.74) is 1.45. The van der Waals surface area contributed by atoms with E-state index in [0.717, 1.165) is 18.5 Å². The first kappa shape index (κ1) is 13.8. The first-order valence-corrected chi connectivity index (χ1v) is 7.05. The summed E-state index contributed by atoms with van der Waals surface area (Å²) in [4.78, 5) is 13.9. The Balaban J connectivity index is 1.66. The van der Waals surface area contributed by atoms with Crippen LogP contribution in [0.1, 0.15) is 23.2 Å². The van der Waals surface area contributed by atoms with Crippen LogP contribution < -0.4 is 0 Å². The Morgan fingerprint density at radius 1 is 1.43 bits per heavy atom. The lowest BCUT2D eigenvalue weighted by Crippen LogP contribution is -2.35. The van der Waals surface area contributed by atoms with E-state index < -0.39 is 6.10 Å². The molecule has 2 aromatic rings. The maximum atomic E-state index is 12.3. The van der Waals surface area contributed by atoms with E-state index in [-0.39, 0.29) is 5.91 Å². The number of benzene rings is 1. The van der Waals surface area contributed by atoms with Gasteiger partial charge in [-0.3, -0.25) is 4.79 Å². The van der Waals surface area contributed by atoms with E-state index in [1.165, 1.54) is 0 Å². The molecule has 0 aliphatic heterocycles. The second-order valence-electron chi connectivity index (χ2n) is 5.48. The Hall–Kier alpha value is -2.21. The van der Waals surface area contributed by atoms with Crippen molar-refractivity contribution in [2.45, 2.75) is 18.9 Å². The molecule has 110 valence electrons. The molecule has 21 heavy (non-hydrogen) atoms. The van der Waals surface area contributed by atoms with Crippen molar-refractivity contribution in [1.82, 2.24) is 19.9 Å². The molecule has 6 nitrogen and oxygen atoms in total. The standard InChI is InChI=1S/C15H18N4O2/c1-18(10-14(20)11-2-3-11)15(21)12-4-6-13(7-5-12)19-9-8-16-17-19/h4-9,11,14,20H,2-3,10H2,1H3. The number of hydrogen-bond donors (Lipinski definition) is 1. The van der Waals surface area contributed by atoms with Gasteiger partial charge in [0.1, 0.15) is 0 Å². The molecule has 1 amide bonds. The van der Waals surface area contributed by atoms with Gasteiger partial charge >= 0.3 is 0 Å². The third-order valence-electron chi connectivity index (χ3n) is 3.78. The first-order chi connectivity index (χ1) is 10.1. The Labute approximate surface area is 123 Å². The Morgan fingerprint density at radius 2 is 2.14 bits per heavy atom. The minimum absolute atomic E-state index is 0.0835. The molecule has 0 saturated heterocycles. The predicted molar refractivity (Wildman–Crippen MR) is 77.1 cm³/mol. The van der Waals surface area contributed by atoms with E-state index in [9.17, 15) is 9.90 Å². The lowest BCUT2D eigenvalue weighted by Gasteiger charge is -2.20. The van der Waals surface area contributed by atoms with Crippen LogP contribution in [0, 0.1) is 5.92 Å². The normalized spacial score (nSPS) is 15.7. The van der Waals surface area contributed by atoms with E-state index in [1.54, 1.807) is 41.2 Å². The summed E-state index contributed by atoms with van der Waals surface area (Å²) in [6.45, 7) is 0.383. The summed E-state index contributed by atoms with van der Waals surface area (Å²) < 4.78 is 1.63. The number of amides is 1. The fourth-order valence-electron chi connectivity index (χ4n) is 2.32. The SMILES string of the molecule is CN(CC(O)C1CC1)C(=O)c1ccc(-n2ccnn2)cc1. The van der Waals surface area contributed by atoms with Gasteiger partial charge in [-0.2, -0.15) is 0 Å². The highest BCUT2D eigenvalue weighted by molar-refractivity contribution is 5.94. The van der Waals surface area contributed by atoms with Crippen LogP contribution in [0.15, 0.2) is 36.7 Å². The topological polar surface area (TPSA) is 71.2 Å². The molecule has 1 unspecified atom stereocenters. The molecule has 1 fully saturated rings. The Bertz CT molecular complexity index is 605. The van der Waals surface area contributed by atoms with Crippen molar-refractivity contribution in [3.8, 4) is 5.69 Å². The molecular weight excluding hydrogens is 268 g/mol. The van der Waals surface area contributed by atoms with Crippen LogP contribution in [0.2, 0.25) is 0 Å². The molecule has 1 aromatic carbocycles. The van der Waals surface area contributed by atoms with Gasteiger partial charge in [0, 0.05) is 19.2 Å². The quantitative estimate of drug-likeness (QED) is 0.894. The fraction of sp³-hybridized carbons (Fsp3) is 0.400. The molecule has 1 N–H and O–H groups in total. The van der Waals surface area contributed by atoms with Crippen molar-refractivity contribution in [2.75, 3.05) is 13.6 Å². The van der Waals surface area contributed by atoms with Crippen LogP contribution in [0.4, 0.5) is 0 Å². The predicted octanol–water partition coefficient (Wildman–Crippen LogP) is 1.11. The van der Waals surface area contributed by atoms with Gasteiger partial charge < -0.3 is 10.0 Å². The largest absolute Gasteiger partial charge is 0.391 e. The van der Waals surface area contributed by atoms with E-state index in [1.807, 2.05) is 12.1 Å². The minimum atomic E-state index is -0.409. The van der Waals surface area contributed by atoms with Crippen molar-refractivity contribution >= 4 is 5.91 Å². The van der Waals surface area contributed by atoms with Crippen LogP contribution in [0.3, 0.4) is 0 Å². The van der Waals surface area contributed by atoms with Crippen molar-refractivity contribution in [2.24, 2.45) is 5.92 Å². The zero-order valence-corrected chi connectivity index (χ0v) is 11.9. The lowest BCUT2D eigenvalue weighted by atomic mass is 10.1. The second-order valence-corrected chi connectivity index (χ2v) is 5.48. The van der Waals surface area contributed by atoms with Crippen molar-refractivity contribution in [3.05, 3.63) is 42.2 Å². The zero-order chi connectivity index (χ0) is 14.8. The van der Waals surface area contributed by atoms with Gasteiger partial charge in [-0.1, -0.05) is 5.21 Å². The number of aromatic nitrogens is 3. The van der Waals surface area contributed by atoms with Crippen molar-refractivity contribution in [1.29, 1.82) is 0 Å². The van der Waals surface area contributed by atoms with Gasteiger partial charge in [0.2, 0.25) is 0 Å². The summed E-state index contributed by atoms with van der Waals surface area (Å²) in [7, 11) is 1.72. The van der Waals surface area contributed by atoms with Crippen LogP contribution in [0.25, 0.3) is 5.69 Å². The van der Waals surface area contributed by atoms with Gasteiger partial charge in [-0.25, -0.2) is 4.68 Å². The van der Waals surface area contributed by atoms with Gasteiger partial charge in [-0.05, 0) is 43.0 Å². The second kappa shape index (κ2) is 5.65. The number of nitrogens with zero attached hydrogens (tertiary/aromatic N) is 4. The highest BCUT2D eigenvalue weighted by atomic mass is 16.3. The van der Waals surface area contributed by atoms with Crippen molar-refractivity contribution in [3.63, 3.8) is 0 Å². The van der Waals surface area contributed by atoms with Gasteiger partial charge in [0.05, 0.1) is 24.2 Å². The molecule has 6 heteroatoms. The molecule has 3 rings (SSSR count). The fourth-order valence-corrected chi connectivity index (χ4v) is 2.32. The molecule has 1 aliphatic carbocycles. The van der Waals surface area contributed by atoms with Gasteiger partial charge in [0.25, 0.3) is 5.91 Å². The number of hydrogen-bond acceptors (Lipinski definition) is 4.